The molecule has 1 aliphatic heterocycles. The molecule has 1 atom stereocenters. The molecule has 0 aliphatic carbocycles. The van der Waals surface area contributed by atoms with E-state index in [-0.39, 0.29) is 0 Å². The molecule has 2 rings (SSSR count). The summed E-state index contributed by atoms with van der Waals surface area (Å²) in [6.45, 7) is 4.55. The van der Waals surface area contributed by atoms with Crippen molar-refractivity contribution in [1.29, 1.82) is 0 Å². The van der Waals surface area contributed by atoms with E-state index in [1.54, 1.807) is 0 Å². The molecule has 1 N–H and O–H groups in total. The first kappa shape index (κ1) is 12.4. The van der Waals surface area contributed by atoms with Crippen molar-refractivity contribution in [2.24, 2.45) is 5.92 Å². The van der Waals surface area contributed by atoms with Crippen LogP contribution in [-0.4, -0.2) is 27.2 Å². The summed E-state index contributed by atoms with van der Waals surface area (Å²) in [6.07, 6.45) is 3.91. The van der Waals surface area contributed by atoms with Crippen LogP contribution in [-0.2, 0) is 6.42 Å². The summed E-state index contributed by atoms with van der Waals surface area (Å²) in [7, 11) is 4.27. The molecule has 2 heteroatoms. The largest absolute Gasteiger partial charge is 0.377 e. The van der Waals surface area contributed by atoms with Crippen molar-refractivity contribution in [3.05, 3.63) is 29.3 Å². The summed E-state index contributed by atoms with van der Waals surface area (Å²) in [4.78, 5) is 2.23. The van der Waals surface area contributed by atoms with Gasteiger partial charge in [-0.3, -0.25) is 0 Å². The van der Waals surface area contributed by atoms with E-state index in [1.165, 1.54) is 49.2 Å². The Morgan fingerprint density at radius 1 is 1.35 bits per heavy atom. The number of piperidine rings is 1. The van der Waals surface area contributed by atoms with Gasteiger partial charge < -0.3 is 10.2 Å². The van der Waals surface area contributed by atoms with Crippen molar-refractivity contribution in [2.75, 3.05) is 32.1 Å². The quantitative estimate of drug-likeness (QED) is 0.862. The first-order valence-corrected chi connectivity index (χ1v) is 6.64. The van der Waals surface area contributed by atoms with Crippen molar-refractivity contribution in [2.45, 2.75) is 26.2 Å². The fraction of sp³-hybridized carbons (Fsp3) is 0.600. The second kappa shape index (κ2) is 5.54. The lowest BCUT2D eigenvalue weighted by atomic mass is 9.91. The molecule has 17 heavy (non-hydrogen) atoms. The fourth-order valence-electron chi connectivity index (χ4n) is 2.67. The Bertz CT molecular complexity index is 365. The molecule has 1 fully saturated rings. The summed E-state index contributed by atoms with van der Waals surface area (Å²) in [5, 5.41) is 3.50. The zero-order valence-electron chi connectivity index (χ0n) is 11.3. The van der Waals surface area contributed by atoms with E-state index in [0.717, 1.165) is 5.92 Å². The van der Waals surface area contributed by atoms with Crippen LogP contribution in [0.3, 0.4) is 0 Å². The van der Waals surface area contributed by atoms with Crippen molar-refractivity contribution < 1.29 is 0 Å². The van der Waals surface area contributed by atoms with Gasteiger partial charge in [-0.2, -0.15) is 0 Å². The smallest absolute Gasteiger partial charge is 0.0396 e. The maximum absolute atomic E-state index is 3.50. The van der Waals surface area contributed by atoms with Crippen molar-refractivity contribution in [3.8, 4) is 0 Å². The highest BCUT2D eigenvalue weighted by atomic mass is 15.1. The third-order valence-electron chi connectivity index (χ3n) is 3.63. The van der Waals surface area contributed by atoms with Crippen LogP contribution in [0.1, 0.15) is 24.0 Å². The van der Waals surface area contributed by atoms with Gasteiger partial charge in [0.2, 0.25) is 0 Å². The molecule has 0 aromatic heterocycles. The molecular formula is C15H24N2. The number of nitrogens with zero attached hydrogens (tertiary/aromatic N) is 1. The second-order valence-electron chi connectivity index (χ2n) is 5.44. The lowest BCUT2D eigenvalue weighted by molar-refractivity contribution is 0.376. The number of hydrogen-bond acceptors (Lipinski definition) is 2. The van der Waals surface area contributed by atoms with Gasteiger partial charge in [0.15, 0.2) is 0 Å². The van der Waals surface area contributed by atoms with Crippen molar-refractivity contribution in [3.63, 3.8) is 0 Å². The Kier molecular flexibility index (Phi) is 4.06. The van der Waals surface area contributed by atoms with Gasteiger partial charge in [0.1, 0.15) is 0 Å². The van der Waals surface area contributed by atoms with E-state index in [4.69, 9.17) is 0 Å². The Hall–Kier alpha value is -1.02. The molecule has 0 saturated carbocycles. The first-order valence-electron chi connectivity index (χ1n) is 6.64. The molecule has 1 heterocycles. The minimum Gasteiger partial charge on any atom is -0.377 e. The summed E-state index contributed by atoms with van der Waals surface area (Å²) in [5.41, 5.74) is 4.23. The van der Waals surface area contributed by atoms with Crippen LogP contribution in [0.5, 0.6) is 0 Å². The number of hydrogen-bond donors (Lipinski definition) is 1. The van der Waals surface area contributed by atoms with Crippen LogP contribution in [0.2, 0.25) is 0 Å². The highest BCUT2D eigenvalue weighted by Gasteiger charge is 2.15. The Morgan fingerprint density at radius 2 is 2.18 bits per heavy atom. The van der Waals surface area contributed by atoms with Gasteiger partial charge in [-0.1, -0.05) is 12.1 Å². The summed E-state index contributed by atoms with van der Waals surface area (Å²) >= 11 is 0. The lowest BCUT2D eigenvalue weighted by Gasteiger charge is -2.25. The van der Waals surface area contributed by atoms with Gasteiger partial charge in [0.05, 0.1) is 0 Å². The zero-order chi connectivity index (χ0) is 12.3. The maximum Gasteiger partial charge on any atom is 0.0396 e. The standard InChI is InChI=1S/C15H24N2/c1-12-6-7-14(15(9-12)17(2)3)10-13-5-4-8-16-11-13/h6-7,9,13,16H,4-5,8,10-11H2,1-3H3. The highest BCUT2D eigenvalue weighted by Crippen LogP contribution is 2.25. The van der Waals surface area contributed by atoms with Crippen LogP contribution in [0.25, 0.3) is 0 Å². The normalized spacial score (nSPS) is 20.3. The molecule has 0 radical (unpaired) electrons. The topological polar surface area (TPSA) is 15.3 Å². The number of rotatable bonds is 3. The third-order valence-corrected chi connectivity index (χ3v) is 3.63. The third kappa shape index (κ3) is 3.22. The summed E-state index contributed by atoms with van der Waals surface area (Å²) in [6, 6.07) is 6.84. The molecule has 1 aromatic carbocycles. The zero-order valence-corrected chi connectivity index (χ0v) is 11.3. The van der Waals surface area contributed by atoms with Gasteiger partial charge in [-0.15, -0.1) is 0 Å². The molecule has 0 bridgehead atoms. The van der Waals surface area contributed by atoms with Gasteiger partial charge in [-0.05, 0) is 62.4 Å². The maximum atomic E-state index is 3.50. The minimum absolute atomic E-state index is 0.810. The van der Waals surface area contributed by atoms with E-state index < -0.39 is 0 Å². The van der Waals surface area contributed by atoms with E-state index in [9.17, 15) is 0 Å². The molecule has 0 spiro atoms. The Morgan fingerprint density at radius 3 is 2.82 bits per heavy atom. The predicted octanol–water partition coefficient (Wildman–Crippen LogP) is 2.60. The predicted molar refractivity (Wildman–Crippen MR) is 74.8 cm³/mol. The van der Waals surface area contributed by atoms with Gasteiger partial charge in [0.25, 0.3) is 0 Å². The van der Waals surface area contributed by atoms with Crippen molar-refractivity contribution >= 4 is 5.69 Å². The number of benzene rings is 1. The van der Waals surface area contributed by atoms with Crippen LogP contribution in [0.4, 0.5) is 5.69 Å². The first-order chi connectivity index (χ1) is 8.16. The summed E-state index contributed by atoms with van der Waals surface area (Å²) in [5.74, 6) is 0.810. The van der Waals surface area contributed by atoms with Gasteiger partial charge in [0, 0.05) is 19.8 Å². The molecule has 1 aromatic rings. The summed E-state index contributed by atoms with van der Waals surface area (Å²) < 4.78 is 0. The molecule has 2 nitrogen and oxygen atoms in total. The number of anilines is 1. The molecule has 94 valence electrons. The van der Waals surface area contributed by atoms with E-state index in [1.807, 2.05) is 0 Å². The van der Waals surface area contributed by atoms with E-state index in [2.05, 4.69) is 49.4 Å². The number of nitrogens with one attached hydrogen (secondary N) is 1. The Balaban J connectivity index is 2.13. The van der Waals surface area contributed by atoms with Gasteiger partial charge in [-0.25, -0.2) is 0 Å². The van der Waals surface area contributed by atoms with E-state index >= 15 is 0 Å². The van der Waals surface area contributed by atoms with E-state index in [0.29, 0.717) is 0 Å². The average Bonchev–Trinajstić information content (AvgIpc) is 2.32. The fourth-order valence-corrected chi connectivity index (χ4v) is 2.67. The van der Waals surface area contributed by atoms with Crippen LogP contribution >= 0.6 is 0 Å². The van der Waals surface area contributed by atoms with Crippen LogP contribution < -0.4 is 10.2 Å². The SMILES string of the molecule is Cc1ccc(CC2CCCNC2)c(N(C)C)c1. The Labute approximate surface area is 105 Å². The van der Waals surface area contributed by atoms with Crippen LogP contribution in [0, 0.1) is 12.8 Å². The molecule has 1 saturated heterocycles. The monoisotopic (exact) mass is 232 g/mol. The second-order valence-corrected chi connectivity index (χ2v) is 5.44. The molecule has 1 unspecified atom stereocenters. The molecule has 1 aliphatic rings. The minimum atomic E-state index is 0.810. The van der Waals surface area contributed by atoms with Gasteiger partial charge >= 0.3 is 0 Å². The molecule has 0 amide bonds. The van der Waals surface area contributed by atoms with Crippen molar-refractivity contribution in [1.82, 2.24) is 5.32 Å². The lowest BCUT2D eigenvalue weighted by Crippen LogP contribution is -2.31. The van der Waals surface area contributed by atoms with Crippen LogP contribution in [0.15, 0.2) is 18.2 Å². The highest BCUT2D eigenvalue weighted by molar-refractivity contribution is 5.54. The average molecular weight is 232 g/mol. The molecular weight excluding hydrogens is 208 g/mol. The number of aryl methyl sites for hydroxylation is 1.